The number of aryl methyl sites for hydroxylation is 4. The summed E-state index contributed by atoms with van der Waals surface area (Å²) in [4.78, 5) is 39.7. The number of carbonyl (C=O) groups excluding carboxylic acids is 3. The minimum absolute atomic E-state index is 0.102. The first-order chi connectivity index (χ1) is 16.7. The summed E-state index contributed by atoms with van der Waals surface area (Å²) in [6.07, 6.45) is 2.14. The third-order valence-electron chi connectivity index (χ3n) is 6.18. The van der Waals surface area contributed by atoms with Crippen molar-refractivity contribution in [1.82, 2.24) is 5.32 Å². The SMILES string of the molecule is COc1ccc(/C=C2\C(=O)NC(=O)N(c3ccc(C)c(C)c3)C2=O)c(Cc2cc(C)cc(C)c2)c1. The zero-order valence-electron chi connectivity index (χ0n) is 20.6. The van der Waals surface area contributed by atoms with Gasteiger partial charge in [0.15, 0.2) is 0 Å². The maximum Gasteiger partial charge on any atom is 0.335 e. The summed E-state index contributed by atoms with van der Waals surface area (Å²) in [5.41, 5.74) is 7.33. The molecule has 0 atom stereocenters. The molecule has 6 heteroatoms. The Balaban J connectivity index is 1.76. The van der Waals surface area contributed by atoms with E-state index in [4.69, 9.17) is 4.74 Å². The molecule has 0 radical (unpaired) electrons. The maximum absolute atomic E-state index is 13.4. The van der Waals surface area contributed by atoms with Crippen molar-refractivity contribution < 1.29 is 19.1 Å². The van der Waals surface area contributed by atoms with Gasteiger partial charge in [0.2, 0.25) is 0 Å². The van der Waals surface area contributed by atoms with Gasteiger partial charge in [-0.15, -0.1) is 0 Å². The van der Waals surface area contributed by atoms with Gasteiger partial charge in [-0.1, -0.05) is 41.5 Å². The van der Waals surface area contributed by atoms with E-state index in [0.29, 0.717) is 23.4 Å². The third kappa shape index (κ3) is 5.01. The van der Waals surface area contributed by atoms with Crippen molar-refractivity contribution in [2.75, 3.05) is 12.0 Å². The first kappa shape index (κ1) is 24.0. The molecule has 178 valence electrons. The summed E-state index contributed by atoms with van der Waals surface area (Å²) in [7, 11) is 1.60. The highest BCUT2D eigenvalue weighted by Crippen LogP contribution is 2.27. The van der Waals surface area contributed by atoms with Gasteiger partial charge in [0, 0.05) is 0 Å². The molecule has 0 aromatic heterocycles. The highest BCUT2D eigenvalue weighted by atomic mass is 16.5. The first-order valence-electron chi connectivity index (χ1n) is 11.4. The lowest BCUT2D eigenvalue weighted by atomic mass is 9.95. The predicted octanol–water partition coefficient (Wildman–Crippen LogP) is 5.19. The molecule has 0 saturated carbocycles. The molecule has 1 aliphatic heterocycles. The van der Waals surface area contributed by atoms with Gasteiger partial charge in [-0.25, -0.2) is 9.69 Å². The van der Waals surface area contributed by atoms with E-state index in [1.165, 1.54) is 0 Å². The molecule has 0 bridgehead atoms. The number of urea groups is 1. The van der Waals surface area contributed by atoms with Crippen LogP contribution in [0.1, 0.15) is 38.9 Å². The standard InChI is InChI=1S/C29H28N2O4/c1-17-10-18(2)12-21(11-17)14-23-15-25(35-5)9-7-22(23)16-26-27(32)30-29(34)31(28(26)33)24-8-6-19(3)20(4)13-24/h6-13,15-16H,14H2,1-5H3,(H,30,32,34)/b26-16+. The smallest absolute Gasteiger partial charge is 0.335 e. The summed E-state index contributed by atoms with van der Waals surface area (Å²) >= 11 is 0. The molecule has 0 spiro atoms. The van der Waals surface area contributed by atoms with Crippen LogP contribution in [0.3, 0.4) is 0 Å². The molecule has 0 unspecified atom stereocenters. The Kier molecular flexibility index (Phi) is 6.56. The molecule has 1 heterocycles. The van der Waals surface area contributed by atoms with Gasteiger partial charge in [-0.3, -0.25) is 14.9 Å². The molecule has 1 aliphatic rings. The predicted molar refractivity (Wildman–Crippen MR) is 137 cm³/mol. The Labute approximate surface area is 205 Å². The van der Waals surface area contributed by atoms with Gasteiger partial charge >= 0.3 is 6.03 Å². The van der Waals surface area contributed by atoms with Crippen LogP contribution in [0.15, 0.2) is 60.2 Å². The van der Waals surface area contributed by atoms with E-state index in [2.05, 4.69) is 23.5 Å². The summed E-state index contributed by atoms with van der Waals surface area (Å²) < 4.78 is 5.42. The van der Waals surface area contributed by atoms with Crippen molar-refractivity contribution in [3.63, 3.8) is 0 Å². The molecule has 4 amide bonds. The molecule has 1 N–H and O–H groups in total. The van der Waals surface area contributed by atoms with Crippen LogP contribution in [-0.4, -0.2) is 25.0 Å². The highest BCUT2D eigenvalue weighted by molar-refractivity contribution is 6.39. The first-order valence-corrected chi connectivity index (χ1v) is 11.4. The van der Waals surface area contributed by atoms with Crippen LogP contribution in [0.5, 0.6) is 5.75 Å². The average molecular weight is 469 g/mol. The molecular weight excluding hydrogens is 440 g/mol. The van der Waals surface area contributed by atoms with Crippen LogP contribution in [0.2, 0.25) is 0 Å². The number of barbiturate groups is 1. The fourth-order valence-electron chi connectivity index (χ4n) is 4.31. The monoisotopic (exact) mass is 468 g/mol. The van der Waals surface area contributed by atoms with Crippen LogP contribution in [-0.2, 0) is 16.0 Å². The van der Waals surface area contributed by atoms with Crippen LogP contribution in [0.4, 0.5) is 10.5 Å². The zero-order valence-corrected chi connectivity index (χ0v) is 20.6. The second-order valence-electron chi connectivity index (χ2n) is 8.96. The van der Waals surface area contributed by atoms with Crippen molar-refractivity contribution >= 4 is 29.6 Å². The lowest BCUT2D eigenvalue weighted by molar-refractivity contribution is -0.122. The number of anilines is 1. The molecule has 1 fully saturated rings. The number of imide groups is 2. The molecule has 3 aromatic carbocycles. The topological polar surface area (TPSA) is 75.7 Å². The average Bonchev–Trinajstić information content (AvgIpc) is 2.79. The van der Waals surface area contributed by atoms with E-state index < -0.39 is 17.8 Å². The second-order valence-corrected chi connectivity index (χ2v) is 8.96. The van der Waals surface area contributed by atoms with Crippen molar-refractivity contribution in [3.8, 4) is 5.75 Å². The number of hydrogen-bond donors (Lipinski definition) is 1. The number of nitrogens with one attached hydrogen (secondary N) is 1. The van der Waals surface area contributed by atoms with Crippen molar-refractivity contribution in [2.24, 2.45) is 0 Å². The summed E-state index contributed by atoms with van der Waals surface area (Å²) in [5, 5.41) is 2.30. The fraction of sp³-hybridized carbons (Fsp3) is 0.207. The van der Waals surface area contributed by atoms with Gasteiger partial charge in [-0.2, -0.15) is 0 Å². The molecule has 1 saturated heterocycles. The summed E-state index contributed by atoms with van der Waals surface area (Å²) in [6, 6.07) is 16.4. The Morgan fingerprint density at radius 3 is 2.23 bits per heavy atom. The number of rotatable bonds is 5. The zero-order chi connectivity index (χ0) is 25.3. The van der Waals surface area contributed by atoms with Crippen molar-refractivity contribution in [2.45, 2.75) is 34.1 Å². The van der Waals surface area contributed by atoms with Crippen LogP contribution >= 0.6 is 0 Å². The van der Waals surface area contributed by atoms with E-state index in [1.807, 2.05) is 45.9 Å². The van der Waals surface area contributed by atoms with Crippen LogP contribution < -0.4 is 15.0 Å². The number of amides is 4. The quantitative estimate of drug-likeness (QED) is 0.413. The summed E-state index contributed by atoms with van der Waals surface area (Å²) in [6.45, 7) is 7.96. The van der Waals surface area contributed by atoms with E-state index in [-0.39, 0.29) is 5.57 Å². The Morgan fingerprint density at radius 1 is 0.857 bits per heavy atom. The van der Waals surface area contributed by atoms with Crippen LogP contribution in [0, 0.1) is 27.7 Å². The maximum atomic E-state index is 13.4. The molecule has 3 aromatic rings. The molecular formula is C29H28N2O4. The van der Waals surface area contributed by atoms with E-state index in [9.17, 15) is 14.4 Å². The lowest BCUT2D eigenvalue weighted by Gasteiger charge is -2.27. The Bertz CT molecular complexity index is 1370. The number of hydrogen-bond acceptors (Lipinski definition) is 4. The third-order valence-corrected chi connectivity index (χ3v) is 6.18. The number of methoxy groups -OCH3 is 1. The molecule has 35 heavy (non-hydrogen) atoms. The highest BCUT2D eigenvalue weighted by Gasteiger charge is 2.37. The van der Waals surface area contributed by atoms with Crippen molar-refractivity contribution in [3.05, 3.63) is 99.1 Å². The van der Waals surface area contributed by atoms with Gasteiger partial charge in [-0.05, 0) is 92.3 Å². The van der Waals surface area contributed by atoms with Gasteiger partial charge in [0.05, 0.1) is 12.8 Å². The minimum Gasteiger partial charge on any atom is -0.497 e. The minimum atomic E-state index is -0.759. The van der Waals surface area contributed by atoms with E-state index in [1.54, 1.807) is 31.4 Å². The van der Waals surface area contributed by atoms with Crippen LogP contribution in [0.25, 0.3) is 6.08 Å². The van der Waals surface area contributed by atoms with E-state index in [0.717, 1.165) is 38.3 Å². The molecule has 4 rings (SSSR count). The Morgan fingerprint density at radius 2 is 1.57 bits per heavy atom. The van der Waals surface area contributed by atoms with Crippen molar-refractivity contribution in [1.29, 1.82) is 0 Å². The largest absolute Gasteiger partial charge is 0.497 e. The number of nitrogens with zero attached hydrogens (tertiary/aromatic N) is 1. The summed E-state index contributed by atoms with van der Waals surface area (Å²) in [5.74, 6) is -0.693. The van der Waals surface area contributed by atoms with Gasteiger partial charge in [0.25, 0.3) is 11.8 Å². The number of ether oxygens (including phenoxy) is 1. The number of carbonyl (C=O) groups is 3. The normalized spacial score (nSPS) is 14.9. The molecule has 0 aliphatic carbocycles. The molecule has 6 nitrogen and oxygen atoms in total. The van der Waals surface area contributed by atoms with Gasteiger partial charge in [0.1, 0.15) is 11.3 Å². The second kappa shape index (κ2) is 9.58. The number of benzene rings is 3. The van der Waals surface area contributed by atoms with E-state index >= 15 is 0 Å². The fourth-order valence-corrected chi connectivity index (χ4v) is 4.31. The Hall–Kier alpha value is -4.19. The lowest BCUT2D eigenvalue weighted by Crippen LogP contribution is -2.54. The van der Waals surface area contributed by atoms with Gasteiger partial charge < -0.3 is 4.74 Å².